The van der Waals surface area contributed by atoms with Gasteiger partial charge in [0, 0.05) is 38.3 Å². The van der Waals surface area contributed by atoms with Crippen LogP contribution in [0, 0.1) is 5.82 Å². The largest absolute Gasteiger partial charge is 0.494 e. The summed E-state index contributed by atoms with van der Waals surface area (Å²) in [6, 6.07) is 18.2. The second-order valence-electron chi connectivity index (χ2n) is 10.6. The van der Waals surface area contributed by atoms with E-state index >= 15 is 0 Å². The average Bonchev–Trinajstić information content (AvgIpc) is 3.85. The van der Waals surface area contributed by atoms with Crippen molar-refractivity contribution in [1.29, 1.82) is 0 Å². The van der Waals surface area contributed by atoms with E-state index in [2.05, 4.69) is 17.0 Å². The molecule has 1 saturated carbocycles. The number of nitrogens with zero attached hydrogens (tertiary/aromatic N) is 2. The summed E-state index contributed by atoms with van der Waals surface area (Å²) in [5.41, 5.74) is 5.88. The van der Waals surface area contributed by atoms with E-state index in [1.807, 2.05) is 43.0 Å². The summed E-state index contributed by atoms with van der Waals surface area (Å²) in [6.45, 7) is 10.7. The van der Waals surface area contributed by atoms with Crippen molar-refractivity contribution in [2.75, 3.05) is 39.4 Å². The molecule has 2 aliphatic rings. The third-order valence-corrected chi connectivity index (χ3v) is 9.19. The normalized spacial score (nSPS) is 16.7. The Balaban J connectivity index is 0.000000244. The zero-order chi connectivity index (χ0) is 30.1. The lowest BCUT2D eigenvalue weighted by Gasteiger charge is -2.33. The van der Waals surface area contributed by atoms with E-state index < -0.39 is 7.60 Å². The van der Waals surface area contributed by atoms with Gasteiger partial charge in [0.05, 0.1) is 18.5 Å². The molecule has 2 fully saturated rings. The quantitative estimate of drug-likeness (QED) is 0.212. The first-order valence-corrected chi connectivity index (χ1v) is 16.4. The van der Waals surface area contributed by atoms with Crippen molar-refractivity contribution in [3.8, 4) is 16.9 Å². The summed E-state index contributed by atoms with van der Waals surface area (Å²) in [7, 11) is -3.58. The monoisotopic (exact) mass is 596 g/mol. The number of hydrogen-bond donors (Lipinski definition) is 1. The van der Waals surface area contributed by atoms with Gasteiger partial charge >= 0.3 is 7.60 Å². The third kappa shape index (κ3) is 8.51. The van der Waals surface area contributed by atoms with Crippen molar-refractivity contribution < 1.29 is 27.9 Å². The first-order valence-electron chi connectivity index (χ1n) is 14.8. The molecule has 1 heterocycles. The summed E-state index contributed by atoms with van der Waals surface area (Å²) >= 11 is 0. The molecule has 0 spiro atoms. The summed E-state index contributed by atoms with van der Waals surface area (Å²) in [5, 5.41) is 0.358. The smallest absolute Gasteiger partial charge is 0.358 e. The molecule has 1 aliphatic carbocycles. The predicted molar refractivity (Wildman–Crippen MR) is 165 cm³/mol. The minimum atomic E-state index is -3.58. The SMILES string of the molecule is CCOP(=O)(O)c1ccc(CC)cc1.CCOc1cc(-c2ccc(F)cc2)c(C2CC2)cc1CN1CCN(C=O)CC1. The Kier molecular flexibility index (Phi) is 11.3. The molecular formula is C33H42FN2O5P. The highest BCUT2D eigenvalue weighted by atomic mass is 31.2. The predicted octanol–water partition coefficient (Wildman–Crippen LogP) is 6.14. The van der Waals surface area contributed by atoms with Crippen molar-refractivity contribution in [2.45, 2.75) is 52.5 Å². The van der Waals surface area contributed by atoms with Crippen LogP contribution in [0.2, 0.25) is 0 Å². The molecule has 3 aromatic carbocycles. The maximum Gasteiger partial charge on any atom is 0.358 e. The minimum Gasteiger partial charge on any atom is -0.494 e. The molecular weight excluding hydrogens is 554 g/mol. The van der Waals surface area contributed by atoms with Crippen LogP contribution in [0.5, 0.6) is 5.75 Å². The van der Waals surface area contributed by atoms with Gasteiger partial charge in [-0.05, 0) is 97.7 Å². The zero-order valence-corrected chi connectivity index (χ0v) is 25.7. The zero-order valence-electron chi connectivity index (χ0n) is 24.8. The van der Waals surface area contributed by atoms with E-state index in [0.717, 1.165) is 68.0 Å². The van der Waals surface area contributed by atoms with E-state index in [1.54, 1.807) is 19.1 Å². The molecule has 226 valence electrons. The molecule has 1 aliphatic heterocycles. The van der Waals surface area contributed by atoms with Gasteiger partial charge in [-0.2, -0.15) is 0 Å². The summed E-state index contributed by atoms with van der Waals surface area (Å²) in [6.07, 6.45) is 4.27. The van der Waals surface area contributed by atoms with Crippen LogP contribution in [0.25, 0.3) is 11.1 Å². The lowest BCUT2D eigenvalue weighted by atomic mass is 9.93. The first kappa shape index (κ1) is 31.9. The number of aryl methyl sites for hydroxylation is 1. The van der Waals surface area contributed by atoms with Gasteiger partial charge in [-0.15, -0.1) is 0 Å². The van der Waals surface area contributed by atoms with E-state index in [4.69, 9.17) is 9.26 Å². The summed E-state index contributed by atoms with van der Waals surface area (Å²) in [4.78, 5) is 24.6. The molecule has 1 amide bonds. The van der Waals surface area contributed by atoms with Gasteiger partial charge in [0.15, 0.2) is 0 Å². The van der Waals surface area contributed by atoms with Crippen LogP contribution in [0.3, 0.4) is 0 Å². The van der Waals surface area contributed by atoms with E-state index in [1.165, 1.54) is 36.1 Å². The van der Waals surface area contributed by atoms with Crippen molar-refractivity contribution >= 4 is 19.3 Å². The Bertz CT molecular complexity index is 1350. The average molecular weight is 597 g/mol. The van der Waals surface area contributed by atoms with Gasteiger partial charge < -0.3 is 19.1 Å². The number of carbonyl (C=O) groups is 1. The molecule has 1 unspecified atom stereocenters. The Labute approximate surface area is 248 Å². The van der Waals surface area contributed by atoms with Crippen LogP contribution in [0.15, 0.2) is 60.7 Å². The number of amides is 1. The summed E-state index contributed by atoms with van der Waals surface area (Å²) in [5.74, 6) is 1.28. The van der Waals surface area contributed by atoms with Crippen molar-refractivity contribution in [3.63, 3.8) is 0 Å². The number of ether oxygens (including phenoxy) is 1. The molecule has 0 radical (unpaired) electrons. The Morgan fingerprint density at radius 2 is 1.62 bits per heavy atom. The number of hydrogen-bond acceptors (Lipinski definition) is 5. The molecule has 1 N–H and O–H groups in total. The van der Waals surface area contributed by atoms with Crippen molar-refractivity contribution in [1.82, 2.24) is 9.80 Å². The van der Waals surface area contributed by atoms with Crippen LogP contribution >= 0.6 is 7.60 Å². The Morgan fingerprint density at radius 1 is 0.952 bits per heavy atom. The first-order chi connectivity index (χ1) is 20.3. The van der Waals surface area contributed by atoms with Crippen molar-refractivity contribution in [2.24, 2.45) is 0 Å². The van der Waals surface area contributed by atoms with Gasteiger partial charge in [0.25, 0.3) is 0 Å². The molecule has 0 bridgehead atoms. The standard InChI is InChI=1S/C23H27FN2O2.C10H15O3P/c1-2-28-23-14-22(18-5-7-20(24)8-6-18)21(17-3-4-17)13-19(23)15-25-9-11-26(16-27)12-10-25;1-3-9-5-7-10(8-6-9)14(11,12)13-4-2/h5-8,13-14,16-17H,2-4,9-12,15H2,1H3;5-8H,3-4H2,1-2H3,(H,11,12). The molecule has 7 nitrogen and oxygen atoms in total. The topological polar surface area (TPSA) is 79.3 Å². The molecule has 0 aromatic heterocycles. The molecule has 42 heavy (non-hydrogen) atoms. The molecule has 3 aromatic rings. The lowest BCUT2D eigenvalue weighted by molar-refractivity contribution is -0.119. The van der Waals surface area contributed by atoms with Gasteiger partial charge in [-0.1, -0.05) is 31.2 Å². The van der Waals surface area contributed by atoms with E-state index in [0.29, 0.717) is 17.8 Å². The highest BCUT2D eigenvalue weighted by Crippen LogP contribution is 2.46. The maximum atomic E-state index is 13.4. The van der Waals surface area contributed by atoms with E-state index in [-0.39, 0.29) is 12.4 Å². The number of benzene rings is 3. The van der Waals surface area contributed by atoms with E-state index in [9.17, 15) is 18.6 Å². The number of rotatable bonds is 11. The lowest BCUT2D eigenvalue weighted by Crippen LogP contribution is -2.45. The van der Waals surface area contributed by atoms with Crippen LogP contribution in [0.4, 0.5) is 4.39 Å². The number of piperazine rings is 1. The second kappa shape index (κ2) is 14.9. The Morgan fingerprint density at radius 3 is 2.17 bits per heavy atom. The van der Waals surface area contributed by atoms with Crippen LogP contribution in [-0.2, 0) is 26.8 Å². The highest BCUT2D eigenvalue weighted by molar-refractivity contribution is 7.61. The Hall–Kier alpha value is -3.03. The van der Waals surface area contributed by atoms with Crippen LogP contribution < -0.4 is 10.0 Å². The van der Waals surface area contributed by atoms with Crippen LogP contribution in [0.1, 0.15) is 56.2 Å². The van der Waals surface area contributed by atoms with Gasteiger partial charge in [0.1, 0.15) is 11.6 Å². The van der Waals surface area contributed by atoms with Gasteiger partial charge in [-0.3, -0.25) is 14.3 Å². The third-order valence-electron chi connectivity index (χ3n) is 7.63. The number of carbonyl (C=O) groups excluding carboxylic acids is 1. The summed E-state index contributed by atoms with van der Waals surface area (Å²) < 4.78 is 35.7. The van der Waals surface area contributed by atoms with Crippen molar-refractivity contribution in [3.05, 3.63) is 83.2 Å². The molecule has 1 saturated heterocycles. The fourth-order valence-corrected chi connectivity index (χ4v) is 6.13. The fourth-order valence-electron chi connectivity index (χ4n) is 5.11. The fraction of sp³-hybridized carbons (Fsp3) is 0.424. The van der Waals surface area contributed by atoms with Gasteiger partial charge in [-0.25, -0.2) is 4.39 Å². The molecule has 5 rings (SSSR count). The number of halogens is 1. The molecule has 1 atom stereocenters. The second-order valence-corrected chi connectivity index (χ2v) is 12.5. The minimum absolute atomic E-state index is 0.215. The molecule has 9 heteroatoms. The maximum absolute atomic E-state index is 13.4. The van der Waals surface area contributed by atoms with Crippen LogP contribution in [-0.4, -0.2) is 60.5 Å². The highest BCUT2D eigenvalue weighted by Gasteiger charge is 2.28. The van der Waals surface area contributed by atoms with Gasteiger partial charge in [0.2, 0.25) is 6.41 Å².